The molecule has 1 atom stereocenters. The zero-order chi connectivity index (χ0) is 22.3. The SMILES string of the molecule is COc1ccccc1-c1ccc2c(c1)C(C(C)O)=CC(C)(C)N2C(=O)OC(C)(C)C. The molecule has 1 aliphatic rings. The van der Waals surface area contributed by atoms with Crippen molar-refractivity contribution in [3.05, 3.63) is 54.1 Å². The highest BCUT2D eigenvalue weighted by atomic mass is 16.6. The van der Waals surface area contributed by atoms with Crippen LogP contribution in [0.15, 0.2) is 48.5 Å². The van der Waals surface area contributed by atoms with Crippen LogP contribution in [0.5, 0.6) is 5.75 Å². The summed E-state index contributed by atoms with van der Waals surface area (Å²) in [5.41, 5.74) is 2.92. The molecular weight excluding hydrogens is 378 g/mol. The van der Waals surface area contributed by atoms with Crippen molar-refractivity contribution in [1.29, 1.82) is 0 Å². The number of hydrogen-bond acceptors (Lipinski definition) is 4. The average molecular weight is 410 g/mol. The van der Waals surface area contributed by atoms with Gasteiger partial charge in [-0.05, 0) is 70.9 Å². The molecule has 3 rings (SSSR count). The highest BCUT2D eigenvalue weighted by Gasteiger charge is 2.40. The van der Waals surface area contributed by atoms with E-state index in [1.54, 1.807) is 18.9 Å². The van der Waals surface area contributed by atoms with Gasteiger partial charge >= 0.3 is 6.09 Å². The van der Waals surface area contributed by atoms with Gasteiger partial charge in [0.1, 0.15) is 11.4 Å². The lowest BCUT2D eigenvalue weighted by Crippen LogP contribution is -2.51. The van der Waals surface area contributed by atoms with Gasteiger partial charge in [-0.2, -0.15) is 0 Å². The second kappa shape index (κ2) is 7.80. The van der Waals surface area contributed by atoms with Gasteiger partial charge in [0.25, 0.3) is 0 Å². The fraction of sp³-hybridized carbons (Fsp3) is 0.400. The number of hydrogen-bond donors (Lipinski definition) is 1. The van der Waals surface area contributed by atoms with Crippen LogP contribution >= 0.6 is 0 Å². The molecule has 1 heterocycles. The lowest BCUT2D eigenvalue weighted by atomic mass is 9.85. The Hall–Kier alpha value is -2.79. The highest BCUT2D eigenvalue weighted by Crippen LogP contribution is 2.43. The van der Waals surface area contributed by atoms with Crippen molar-refractivity contribution in [3.8, 4) is 16.9 Å². The van der Waals surface area contributed by atoms with Crippen LogP contribution in [0.1, 0.15) is 47.1 Å². The molecule has 1 amide bonds. The molecule has 30 heavy (non-hydrogen) atoms. The zero-order valence-electron chi connectivity index (χ0n) is 18.8. The van der Waals surface area contributed by atoms with E-state index in [0.717, 1.165) is 28.0 Å². The number of para-hydroxylation sites is 1. The Labute approximate surface area is 178 Å². The Kier molecular flexibility index (Phi) is 5.70. The van der Waals surface area contributed by atoms with Crippen molar-refractivity contribution in [2.45, 2.75) is 58.8 Å². The summed E-state index contributed by atoms with van der Waals surface area (Å²) in [4.78, 5) is 14.8. The van der Waals surface area contributed by atoms with Gasteiger partial charge in [0, 0.05) is 11.1 Å². The standard InChI is InChI=1S/C25H31NO4/c1-16(27)20-15-25(5,6)26(23(28)30-24(2,3)4)21-13-12-17(14-19(20)21)18-10-8-9-11-22(18)29-7/h8-16,27H,1-7H3. The molecule has 0 bridgehead atoms. The number of aliphatic hydroxyl groups excluding tert-OH is 1. The predicted octanol–water partition coefficient (Wildman–Crippen LogP) is 5.66. The molecule has 0 spiro atoms. The molecule has 5 heteroatoms. The van der Waals surface area contributed by atoms with Gasteiger partial charge < -0.3 is 14.6 Å². The maximum Gasteiger partial charge on any atom is 0.415 e. The van der Waals surface area contributed by atoms with E-state index in [1.807, 2.05) is 83.2 Å². The summed E-state index contributed by atoms with van der Waals surface area (Å²) in [7, 11) is 1.64. The van der Waals surface area contributed by atoms with Gasteiger partial charge in [0.2, 0.25) is 0 Å². The van der Waals surface area contributed by atoms with Crippen LogP contribution in [0.4, 0.5) is 10.5 Å². The Bertz CT molecular complexity index is 983. The molecule has 160 valence electrons. The lowest BCUT2D eigenvalue weighted by Gasteiger charge is -2.42. The van der Waals surface area contributed by atoms with Crippen LogP contribution < -0.4 is 9.64 Å². The maximum atomic E-state index is 13.1. The number of carbonyl (C=O) groups is 1. The summed E-state index contributed by atoms with van der Waals surface area (Å²) in [5, 5.41) is 10.5. The summed E-state index contributed by atoms with van der Waals surface area (Å²) < 4.78 is 11.2. The molecule has 0 fully saturated rings. The molecule has 1 N–H and O–H groups in total. The van der Waals surface area contributed by atoms with Crippen LogP contribution in [0, 0.1) is 0 Å². The predicted molar refractivity (Wildman–Crippen MR) is 121 cm³/mol. The first-order valence-corrected chi connectivity index (χ1v) is 10.2. The molecular formula is C25H31NO4. The summed E-state index contributed by atoms with van der Waals surface area (Å²) in [6, 6.07) is 13.7. The van der Waals surface area contributed by atoms with E-state index in [2.05, 4.69) is 0 Å². The van der Waals surface area contributed by atoms with Crippen LogP contribution in [0.25, 0.3) is 16.7 Å². The van der Waals surface area contributed by atoms with E-state index < -0.39 is 23.3 Å². The minimum atomic E-state index is -0.684. The summed E-state index contributed by atoms with van der Waals surface area (Å²) in [6.07, 6.45) is 0.840. The van der Waals surface area contributed by atoms with Crippen molar-refractivity contribution >= 4 is 17.4 Å². The third kappa shape index (κ3) is 4.21. The molecule has 1 aliphatic heterocycles. The molecule has 0 saturated heterocycles. The molecule has 2 aromatic carbocycles. The number of fused-ring (bicyclic) bond motifs is 1. The largest absolute Gasteiger partial charge is 0.496 e. The van der Waals surface area contributed by atoms with E-state index >= 15 is 0 Å². The summed E-state index contributed by atoms with van der Waals surface area (Å²) in [6.45, 7) is 11.2. The minimum Gasteiger partial charge on any atom is -0.496 e. The number of rotatable bonds is 3. The molecule has 5 nitrogen and oxygen atoms in total. The second-order valence-corrected chi connectivity index (χ2v) is 9.18. The zero-order valence-corrected chi connectivity index (χ0v) is 18.8. The Balaban J connectivity index is 2.19. The first-order chi connectivity index (χ1) is 13.9. The molecule has 0 aromatic heterocycles. The van der Waals surface area contributed by atoms with E-state index in [1.165, 1.54) is 0 Å². The van der Waals surface area contributed by atoms with Crippen LogP contribution in [-0.4, -0.2) is 35.6 Å². The fourth-order valence-electron chi connectivity index (χ4n) is 3.83. The Morgan fingerprint density at radius 2 is 1.77 bits per heavy atom. The first kappa shape index (κ1) is 21.9. The fourth-order valence-corrected chi connectivity index (χ4v) is 3.83. The van der Waals surface area contributed by atoms with Gasteiger partial charge in [-0.1, -0.05) is 30.3 Å². The van der Waals surface area contributed by atoms with Gasteiger partial charge in [0.15, 0.2) is 0 Å². The quantitative estimate of drug-likeness (QED) is 0.711. The van der Waals surface area contributed by atoms with E-state index in [4.69, 9.17) is 9.47 Å². The number of aliphatic hydroxyl groups is 1. The van der Waals surface area contributed by atoms with E-state index in [-0.39, 0.29) is 0 Å². The smallest absolute Gasteiger partial charge is 0.415 e. The van der Waals surface area contributed by atoms with Gasteiger partial charge in [-0.15, -0.1) is 0 Å². The number of amides is 1. The third-order valence-corrected chi connectivity index (χ3v) is 5.08. The minimum absolute atomic E-state index is 0.417. The number of anilines is 1. The van der Waals surface area contributed by atoms with Crippen molar-refractivity contribution in [2.24, 2.45) is 0 Å². The van der Waals surface area contributed by atoms with Crippen molar-refractivity contribution in [3.63, 3.8) is 0 Å². The molecule has 2 aromatic rings. The number of ether oxygens (including phenoxy) is 2. The van der Waals surface area contributed by atoms with E-state index in [0.29, 0.717) is 5.69 Å². The summed E-state index contributed by atoms with van der Waals surface area (Å²) in [5.74, 6) is 0.764. The highest BCUT2D eigenvalue weighted by molar-refractivity contribution is 5.98. The Morgan fingerprint density at radius 3 is 2.37 bits per heavy atom. The van der Waals surface area contributed by atoms with Gasteiger partial charge in [-0.25, -0.2) is 4.79 Å². The van der Waals surface area contributed by atoms with Crippen LogP contribution in [0.3, 0.4) is 0 Å². The third-order valence-electron chi connectivity index (χ3n) is 5.08. The monoisotopic (exact) mass is 409 g/mol. The van der Waals surface area contributed by atoms with Gasteiger partial charge in [0.05, 0.1) is 24.4 Å². The molecule has 0 aliphatic carbocycles. The number of methoxy groups -OCH3 is 1. The molecule has 0 radical (unpaired) electrons. The average Bonchev–Trinajstić information content (AvgIpc) is 2.64. The number of nitrogens with zero attached hydrogens (tertiary/aromatic N) is 1. The maximum absolute atomic E-state index is 13.1. The molecule has 0 saturated carbocycles. The topological polar surface area (TPSA) is 59.0 Å². The second-order valence-electron chi connectivity index (χ2n) is 9.18. The normalized spacial score (nSPS) is 16.4. The van der Waals surface area contributed by atoms with Crippen molar-refractivity contribution < 1.29 is 19.4 Å². The number of benzene rings is 2. The number of carbonyl (C=O) groups excluding carboxylic acids is 1. The van der Waals surface area contributed by atoms with Crippen LogP contribution in [0.2, 0.25) is 0 Å². The van der Waals surface area contributed by atoms with Crippen molar-refractivity contribution in [1.82, 2.24) is 0 Å². The lowest BCUT2D eigenvalue weighted by molar-refractivity contribution is 0.0555. The summed E-state index contributed by atoms with van der Waals surface area (Å²) >= 11 is 0. The Morgan fingerprint density at radius 1 is 1.10 bits per heavy atom. The van der Waals surface area contributed by atoms with Gasteiger partial charge in [-0.3, -0.25) is 4.90 Å². The first-order valence-electron chi connectivity index (χ1n) is 10.2. The van der Waals surface area contributed by atoms with Crippen molar-refractivity contribution in [2.75, 3.05) is 12.0 Å². The molecule has 1 unspecified atom stereocenters. The van der Waals surface area contributed by atoms with E-state index in [9.17, 15) is 9.90 Å². The van der Waals surface area contributed by atoms with Crippen LogP contribution in [-0.2, 0) is 4.74 Å².